The van der Waals surface area contributed by atoms with Crippen LogP contribution in [0.4, 0.5) is 0 Å². The molecule has 1 saturated carbocycles. The molecule has 0 radical (unpaired) electrons. The van der Waals surface area contributed by atoms with E-state index in [1.165, 1.54) is 24.4 Å². The summed E-state index contributed by atoms with van der Waals surface area (Å²) in [6.45, 7) is 0. The Morgan fingerprint density at radius 1 is 0.964 bits per heavy atom. The lowest BCUT2D eigenvalue weighted by Gasteiger charge is -2.18. The van der Waals surface area contributed by atoms with E-state index in [2.05, 4.69) is 9.71 Å². The van der Waals surface area contributed by atoms with Gasteiger partial charge in [0.15, 0.2) is 0 Å². The molecule has 142 valence electrons. The van der Waals surface area contributed by atoms with Crippen LogP contribution in [-0.4, -0.2) is 24.5 Å². The molecule has 4 rings (SSSR count). The number of rotatable bonds is 6. The standard InChI is InChI=1S/C21H18N2O4S/c24-20(25)17-12-16(13-22-14-17)15-6-8-19(9-7-15)28(26,27)23-21(10-11-21)18-4-2-1-3-5-18/h1-9,12-14,23H,10-11H2,(H,24,25). The summed E-state index contributed by atoms with van der Waals surface area (Å²) in [6, 6.07) is 17.4. The van der Waals surface area contributed by atoms with Gasteiger partial charge in [0.2, 0.25) is 10.0 Å². The van der Waals surface area contributed by atoms with Crippen molar-refractivity contribution in [3.8, 4) is 11.1 Å². The van der Waals surface area contributed by atoms with Gasteiger partial charge in [-0.25, -0.2) is 17.9 Å². The first-order valence-electron chi connectivity index (χ1n) is 8.78. The lowest BCUT2D eigenvalue weighted by molar-refractivity contribution is 0.0696. The average Bonchev–Trinajstić information content (AvgIpc) is 3.49. The van der Waals surface area contributed by atoms with Crippen LogP contribution in [0.5, 0.6) is 0 Å². The van der Waals surface area contributed by atoms with Gasteiger partial charge in [0, 0.05) is 18.0 Å². The number of carbonyl (C=O) groups is 1. The molecular formula is C21H18N2O4S. The SMILES string of the molecule is O=C(O)c1cncc(-c2ccc(S(=O)(=O)NC3(c4ccccc4)CC3)cc2)c1. The molecule has 3 aromatic rings. The van der Waals surface area contributed by atoms with Crippen LogP contribution in [0, 0.1) is 0 Å². The minimum Gasteiger partial charge on any atom is -0.478 e. The molecule has 0 spiro atoms. The number of carboxylic acid groups (broad SMARTS) is 1. The Morgan fingerprint density at radius 2 is 1.64 bits per heavy atom. The van der Waals surface area contributed by atoms with E-state index in [1.54, 1.807) is 18.3 Å². The third kappa shape index (κ3) is 3.54. The number of hydrogen-bond donors (Lipinski definition) is 2. The monoisotopic (exact) mass is 394 g/mol. The van der Waals surface area contributed by atoms with Gasteiger partial charge in [-0.3, -0.25) is 4.98 Å². The summed E-state index contributed by atoms with van der Waals surface area (Å²) in [5.41, 5.74) is 1.82. The van der Waals surface area contributed by atoms with E-state index >= 15 is 0 Å². The molecule has 6 nitrogen and oxygen atoms in total. The first kappa shape index (κ1) is 18.3. The number of pyridine rings is 1. The van der Waals surface area contributed by atoms with Crippen LogP contribution in [0.25, 0.3) is 11.1 Å². The van der Waals surface area contributed by atoms with Gasteiger partial charge in [-0.15, -0.1) is 0 Å². The molecule has 0 aliphatic heterocycles. The van der Waals surface area contributed by atoms with Gasteiger partial charge >= 0.3 is 5.97 Å². The Labute approximate surface area is 162 Å². The summed E-state index contributed by atoms with van der Waals surface area (Å²) >= 11 is 0. The fraction of sp³-hybridized carbons (Fsp3) is 0.143. The molecule has 2 N–H and O–H groups in total. The number of aromatic carboxylic acids is 1. The van der Waals surface area contributed by atoms with E-state index in [1.807, 2.05) is 30.3 Å². The van der Waals surface area contributed by atoms with E-state index in [4.69, 9.17) is 5.11 Å². The van der Waals surface area contributed by atoms with E-state index in [9.17, 15) is 13.2 Å². The minimum absolute atomic E-state index is 0.0781. The van der Waals surface area contributed by atoms with Crippen molar-refractivity contribution in [2.75, 3.05) is 0 Å². The summed E-state index contributed by atoms with van der Waals surface area (Å²) in [7, 11) is -3.68. The number of nitrogens with one attached hydrogen (secondary N) is 1. The van der Waals surface area contributed by atoms with Crippen molar-refractivity contribution in [1.29, 1.82) is 0 Å². The molecule has 1 aliphatic rings. The second-order valence-electron chi connectivity index (χ2n) is 6.85. The van der Waals surface area contributed by atoms with Crippen molar-refractivity contribution in [2.24, 2.45) is 0 Å². The highest BCUT2D eigenvalue weighted by Gasteiger charge is 2.47. The molecule has 28 heavy (non-hydrogen) atoms. The third-order valence-corrected chi connectivity index (χ3v) is 6.44. The number of sulfonamides is 1. The van der Waals surface area contributed by atoms with E-state index < -0.39 is 21.5 Å². The Balaban J connectivity index is 1.58. The van der Waals surface area contributed by atoms with Crippen molar-refractivity contribution in [2.45, 2.75) is 23.3 Å². The molecule has 1 heterocycles. The third-order valence-electron chi connectivity index (χ3n) is 4.89. The topological polar surface area (TPSA) is 96.4 Å². The molecule has 1 fully saturated rings. The van der Waals surface area contributed by atoms with Crippen molar-refractivity contribution >= 4 is 16.0 Å². The van der Waals surface area contributed by atoms with Crippen molar-refractivity contribution < 1.29 is 18.3 Å². The Kier molecular flexibility index (Phi) is 4.49. The van der Waals surface area contributed by atoms with Gasteiger partial charge in [-0.1, -0.05) is 42.5 Å². The highest BCUT2D eigenvalue weighted by atomic mass is 32.2. The fourth-order valence-electron chi connectivity index (χ4n) is 3.19. The molecule has 0 amide bonds. The van der Waals surface area contributed by atoms with E-state index in [0.717, 1.165) is 18.4 Å². The maximum Gasteiger partial charge on any atom is 0.337 e. The summed E-state index contributed by atoms with van der Waals surface area (Å²) in [4.78, 5) is 15.2. The smallest absolute Gasteiger partial charge is 0.337 e. The zero-order valence-electron chi connectivity index (χ0n) is 14.9. The Morgan fingerprint density at radius 3 is 2.25 bits per heavy atom. The summed E-state index contributed by atoms with van der Waals surface area (Å²) in [6.07, 6.45) is 4.35. The predicted molar refractivity (Wildman–Crippen MR) is 104 cm³/mol. The molecule has 7 heteroatoms. The first-order chi connectivity index (χ1) is 13.4. The van der Waals surface area contributed by atoms with Gasteiger partial charge < -0.3 is 5.11 Å². The van der Waals surface area contributed by atoms with Gasteiger partial charge in [0.1, 0.15) is 0 Å². The highest BCUT2D eigenvalue weighted by molar-refractivity contribution is 7.89. The number of aromatic nitrogens is 1. The van der Waals surface area contributed by atoms with Gasteiger partial charge in [0.05, 0.1) is 16.0 Å². The maximum absolute atomic E-state index is 12.9. The lowest BCUT2D eigenvalue weighted by Crippen LogP contribution is -2.34. The van der Waals surface area contributed by atoms with Crippen LogP contribution < -0.4 is 4.72 Å². The van der Waals surface area contributed by atoms with E-state index in [-0.39, 0.29) is 10.5 Å². The lowest BCUT2D eigenvalue weighted by atomic mass is 10.1. The summed E-state index contributed by atoms with van der Waals surface area (Å²) in [5.74, 6) is -1.06. The molecule has 1 aromatic heterocycles. The van der Waals surface area contributed by atoms with Crippen LogP contribution in [0.2, 0.25) is 0 Å². The van der Waals surface area contributed by atoms with Gasteiger partial charge in [0.25, 0.3) is 0 Å². The number of hydrogen-bond acceptors (Lipinski definition) is 4. The number of nitrogens with zero attached hydrogens (tertiary/aromatic N) is 1. The first-order valence-corrected chi connectivity index (χ1v) is 10.3. The van der Waals surface area contributed by atoms with Crippen molar-refractivity contribution in [3.63, 3.8) is 0 Å². The quantitative estimate of drug-likeness (QED) is 0.668. The summed E-state index contributed by atoms with van der Waals surface area (Å²) in [5, 5.41) is 9.09. The van der Waals surface area contributed by atoms with Gasteiger partial charge in [-0.05, 0) is 42.2 Å². The van der Waals surface area contributed by atoms with Crippen LogP contribution >= 0.6 is 0 Å². The zero-order chi connectivity index (χ0) is 19.8. The van der Waals surface area contributed by atoms with Crippen LogP contribution in [0.15, 0.2) is 78.0 Å². The Bertz CT molecular complexity index is 1120. The zero-order valence-corrected chi connectivity index (χ0v) is 15.7. The minimum atomic E-state index is -3.68. The number of carboxylic acids is 1. The predicted octanol–water partition coefficient (Wildman–Crippen LogP) is 3.41. The fourth-order valence-corrected chi connectivity index (χ4v) is 4.64. The maximum atomic E-state index is 12.9. The largest absolute Gasteiger partial charge is 0.478 e. The molecule has 0 atom stereocenters. The van der Waals surface area contributed by atoms with Crippen molar-refractivity contribution in [1.82, 2.24) is 9.71 Å². The highest BCUT2D eigenvalue weighted by Crippen LogP contribution is 2.46. The molecule has 0 unspecified atom stereocenters. The van der Waals surface area contributed by atoms with Crippen LogP contribution in [-0.2, 0) is 15.6 Å². The number of benzene rings is 2. The average molecular weight is 394 g/mol. The van der Waals surface area contributed by atoms with Crippen LogP contribution in [0.1, 0.15) is 28.8 Å². The van der Waals surface area contributed by atoms with E-state index in [0.29, 0.717) is 11.1 Å². The van der Waals surface area contributed by atoms with Gasteiger partial charge in [-0.2, -0.15) is 0 Å². The molecule has 0 saturated heterocycles. The second kappa shape index (κ2) is 6.85. The summed E-state index contributed by atoms with van der Waals surface area (Å²) < 4.78 is 28.5. The second-order valence-corrected chi connectivity index (χ2v) is 8.53. The molecule has 1 aliphatic carbocycles. The molecular weight excluding hydrogens is 376 g/mol. The van der Waals surface area contributed by atoms with Crippen molar-refractivity contribution in [3.05, 3.63) is 84.2 Å². The molecule has 2 aromatic carbocycles. The normalized spacial score (nSPS) is 15.1. The Hall–Kier alpha value is -3.03. The molecule has 0 bridgehead atoms. The van der Waals surface area contributed by atoms with Crippen LogP contribution in [0.3, 0.4) is 0 Å².